The highest BCUT2D eigenvalue weighted by Gasteiger charge is 2.29. The molecule has 5 heteroatoms. The van der Waals surface area contributed by atoms with Crippen LogP contribution in [0, 0.1) is 18.8 Å². The van der Waals surface area contributed by atoms with Crippen molar-refractivity contribution in [3.05, 3.63) is 16.4 Å². The molecule has 2 rings (SSSR count). The minimum Gasteiger partial charge on any atom is -0.271 e. The van der Waals surface area contributed by atoms with Crippen LogP contribution in [0.1, 0.15) is 37.6 Å². The second-order valence-corrected chi connectivity index (χ2v) is 6.00. The van der Waals surface area contributed by atoms with Gasteiger partial charge in [0.15, 0.2) is 0 Å². The number of hydrogen-bond donors (Lipinski definition) is 2. The highest BCUT2D eigenvalue weighted by Crippen LogP contribution is 2.34. The molecule has 4 nitrogen and oxygen atoms in total. The molecule has 1 heterocycles. The van der Waals surface area contributed by atoms with Crippen molar-refractivity contribution in [3.8, 4) is 0 Å². The van der Waals surface area contributed by atoms with Crippen molar-refractivity contribution in [2.24, 2.45) is 24.7 Å². The number of nitrogens with zero attached hydrogens (tertiary/aromatic N) is 2. The van der Waals surface area contributed by atoms with Crippen LogP contribution < -0.4 is 11.3 Å². The molecule has 0 aromatic carbocycles. The van der Waals surface area contributed by atoms with Gasteiger partial charge in [-0.1, -0.05) is 24.9 Å². The van der Waals surface area contributed by atoms with Crippen molar-refractivity contribution in [1.29, 1.82) is 0 Å². The van der Waals surface area contributed by atoms with E-state index in [-0.39, 0.29) is 0 Å². The first-order valence-electron chi connectivity index (χ1n) is 6.67. The molecule has 1 fully saturated rings. The van der Waals surface area contributed by atoms with Gasteiger partial charge in [-0.15, -0.1) is 0 Å². The number of rotatable bonds is 4. The van der Waals surface area contributed by atoms with E-state index in [1.54, 1.807) is 0 Å². The Balaban J connectivity index is 2.10. The van der Waals surface area contributed by atoms with E-state index in [1.807, 2.05) is 18.7 Å². The molecular weight excluding hydrogens is 248 g/mol. The largest absolute Gasteiger partial charge is 0.271 e. The van der Waals surface area contributed by atoms with E-state index in [4.69, 9.17) is 17.4 Å². The fourth-order valence-corrected chi connectivity index (χ4v) is 3.33. The molecule has 0 saturated heterocycles. The second kappa shape index (κ2) is 5.59. The van der Waals surface area contributed by atoms with Gasteiger partial charge in [0.1, 0.15) is 0 Å². The first kappa shape index (κ1) is 13.8. The predicted molar refractivity (Wildman–Crippen MR) is 74.3 cm³/mol. The quantitative estimate of drug-likeness (QED) is 0.651. The molecule has 1 aromatic rings. The Kier molecular flexibility index (Phi) is 4.30. The summed E-state index contributed by atoms with van der Waals surface area (Å²) >= 11 is 6.30. The number of nitrogens with two attached hydrogens (primary N) is 1. The summed E-state index contributed by atoms with van der Waals surface area (Å²) in [5, 5.41) is 5.14. The zero-order valence-electron chi connectivity index (χ0n) is 11.4. The van der Waals surface area contributed by atoms with E-state index < -0.39 is 0 Å². The second-order valence-electron chi connectivity index (χ2n) is 5.63. The smallest absolute Gasteiger partial charge is 0.0847 e. The fraction of sp³-hybridized carbons (Fsp3) is 0.769. The molecular formula is C13H23ClN4. The zero-order chi connectivity index (χ0) is 13.3. The van der Waals surface area contributed by atoms with Crippen molar-refractivity contribution >= 4 is 11.6 Å². The summed E-state index contributed by atoms with van der Waals surface area (Å²) in [6, 6.07) is 0.294. The molecule has 0 amide bonds. The van der Waals surface area contributed by atoms with Crippen LogP contribution in [0.5, 0.6) is 0 Å². The molecule has 102 valence electrons. The molecule has 0 aliphatic heterocycles. The Labute approximate surface area is 114 Å². The molecule has 0 bridgehead atoms. The monoisotopic (exact) mass is 270 g/mol. The van der Waals surface area contributed by atoms with Crippen LogP contribution in [0.3, 0.4) is 0 Å². The molecule has 3 unspecified atom stereocenters. The lowest BCUT2D eigenvalue weighted by molar-refractivity contribution is 0.347. The molecule has 1 aliphatic rings. The van der Waals surface area contributed by atoms with Crippen molar-refractivity contribution in [3.63, 3.8) is 0 Å². The van der Waals surface area contributed by atoms with Gasteiger partial charge in [-0.05, 0) is 31.6 Å². The number of hydrazine groups is 1. The summed E-state index contributed by atoms with van der Waals surface area (Å²) in [5.74, 6) is 7.19. The topological polar surface area (TPSA) is 55.9 Å². The summed E-state index contributed by atoms with van der Waals surface area (Å²) < 4.78 is 1.88. The fourth-order valence-electron chi connectivity index (χ4n) is 3.09. The molecule has 0 spiro atoms. The number of nitrogens with one attached hydrogen (secondary N) is 1. The summed E-state index contributed by atoms with van der Waals surface area (Å²) in [4.78, 5) is 0. The standard InChI is InChI=1S/C13H23ClN4/c1-8-4-5-10(6-8)11(16-15)7-12-13(14)9(2)17-18(12)3/h8,10-11,16H,4-7,15H2,1-3H3. The third-order valence-corrected chi connectivity index (χ3v) is 4.69. The van der Waals surface area contributed by atoms with Crippen LogP contribution >= 0.6 is 11.6 Å². The number of hydrogen-bond acceptors (Lipinski definition) is 3. The highest BCUT2D eigenvalue weighted by atomic mass is 35.5. The highest BCUT2D eigenvalue weighted by molar-refractivity contribution is 6.31. The van der Waals surface area contributed by atoms with Crippen molar-refractivity contribution < 1.29 is 0 Å². The minimum atomic E-state index is 0.294. The maximum atomic E-state index is 6.30. The van der Waals surface area contributed by atoms with Crippen molar-refractivity contribution in [1.82, 2.24) is 15.2 Å². The van der Waals surface area contributed by atoms with E-state index in [1.165, 1.54) is 19.3 Å². The molecule has 1 aliphatic carbocycles. The van der Waals surface area contributed by atoms with E-state index in [0.29, 0.717) is 12.0 Å². The first-order chi connectivity index (χ1) is 8.52. The minimum absolute atomic E-state index is 0.294. The SMILES string of the molecule is Cc1nn(C)c(CC(NN)C2CCC(C)C2)c1Cl. The van der Waals surface area contributed by atoms with Gasteiger partial charge in [0, 0.05) is 19.5 Å². The van der Waals surface area contributed by atoms with E-state index in [0.717, 1.165) is 28.7 Å². The Morgan fingerprint density at radius 3 is 2.72 bits per heavy atom. The van der Waals surface area contributed by atoms with E-state index in [2.05, 4.69) is 17.4 Å². The summed E-state index contributed by atoms with van der Waals surface area (Å²) in [7, 11) is 1.94. The van der Waals surface area contributed by atoms with Crippen LogP contribution in [-0.4, -0.2) is 15.8 Å². The van der Waals surface area contributed by atoms with Crippen LogP contribution in [0.15, 0.2) is 0 Å². The Morgan fingerprint density at radius 1 is 1.56 bits per heavy atom. The summed E-state index contributed by atoms with van der Waals surface area (Å²) in [6.07, 6.45) is 4.67. The van der Waals surface area contributed by atoms with Gasteiger partial charge in [-0.25, -0.2) is 0 Å². The Bertz CT molecular complexity index is 415. The Hall–Kier alpha value is -0.580. The molecule has 0 radical (unpaired) electrons. The normalized spacial score (nSPS) is 25.6. The summed E-state index contributed by atoms with van der Waals surface area (Å²) in [5.41, 5.74) is 4.95. The van der Waals surface area contributed by atoms with Gasteiger partial charge in [0.05, 0.1) is 16.4 Å². The van der Waals surface area contributed by atoms with Crippen LogP contribution in [0.2, 0.25) is 5.02 Å². The zero-order valence-corrected chi connectivity index (χ0v) is 12.2. The van der Waals surface area contributed by atoms with Crippen LogP contribution in [-0.2, 0) is 13.5 Å². The maximum absolute atomic E-state index is 6.30. The number of halogens is 1. The predicted octanol–water partition coefficient (Wildman–Crippen LogP) is 2.19. The molecule has 1 saturated carbocycles. The third-order valence-electron chi connectivity index (χ3n) is 4.19. The van der Waals surface area contributed by atoms with Gasteiger partial charge < -0.3 is 0 Å². The lowest BCUT2D eigenvalue weighted by Gasteiger charge is -2.23. The van der Waals surface area contributed by atoms with Gasteiger partial charge in [0.25, 0.3) is 0 Å². The van der Waals surface area contributed by atoms with Gasteiger partial charge in [-0.2, -0.15) is 5.10 Å². The van der Waals surface area contributed by atoms with Gasteiger partial charge in [0.2, 0.25) is 0 Å². The average Bonchev–Trinajstić information content (AvgIpc) is 2.84. The molecule has 3 atom stereocenters. The number of aromatic nitrogens is 2. The number of aryl methyl sites for hydroxylation is 2. The van der Waals surface area contributed by atoms with Crippen LogP contribution in [0.4, 0.5) is 0 Å². The van der Waals surface area contributed by atoms with E-state index >= 15 is 0 Å². The molecule has 3 N–H and O–H groups in total. The van der Waals surface area contributed by atoms with Gasteiger partial charge >= 0.3 is 0 Å². The van der Waals surface area contributed by atoms with Gasteiger partial charge in [-0.3, -0.25) is 16.0 Å². The lowest BCUT2D eigenvalue weighted by Crippen LogP contribution is -2.42. The molecule has 18 heavy (non-hydrogen) atoms. The Morgan fingerprint density at radius 2 is 2.28 bits per heavy atom. The first-order valence-corrected chi connectivity index (χ1v) is 7.04. The van der Waals surface area contributed by atoms with Crippen LogP contribution in [0.25, 0.3) is 0 Å². The third kappa shape index (κ3) is 2.71. The molecule has 1 aromatic heterocycles. The average molecular weight is 271 g/mol. The van der Waals surface area contributed by atoms with Crippen molar-refractivity contribution in [2.75, 3.05) is 0 Å². The maximum Gasteiger partial charge on any atom is 0.0847 e. The lowest BCUT2D eigenvalue weighted by atomic mass is 9.93. The van der Waals surface area contributed by atoms with E-state index in [9.17, 15) is 0 Å². The summed E-state index contributed by atoms with van der Waals surface area (Å²) in [6.45, 7) is 4.25. The van der Waals surface area contributed by atoms with Crippen molar-refractivity contribution in [2.45, 2.75) is 45.6 Å².